The molecule has 0 unspecified atom stereocenters. The lowest BCUT2D eigenvalue weighted by molar-refractivity contribution is 0.462. The first-order chi connectivity index (χ1) is 8.60. The second-order valence-electron chi connectivity index (χ2n) is 3.70. The van der Waals surface area contributed by atoms with Gasteiger partial charge in [-0.15, -0.1) is 0 Å². The number of ether oxygens (including phenoxy) is 1. The molecule has 0 fully saturated rings. The van der Waals surface area contributed by atoms with Gasteiger partial charge in [0.25, 0.3) is 0 Å². The monoisotopic (exact) mass is 303 g/mol. The summed E-state index contributed by atoms with van der Waals surface area (Å²) in [4.78, 5) is 4.19. The number of aromatic nitrogens is 1. The van der Waals surface area contributed by atoms with Crippen molar-refractivity contribution in [2.45, 2.75) is 6.92 Å². The van der Waals surface area contributed by atoms with Crippen LogP contribution in [0.25, 0.3) is 0 Å². The summed E-state index contributed by atoms with van der Waals surface area (Å²) in [7, 11) is 0. The average Bonchev–Trinajstić information content (AvgIpc) is 2.33. The lowest BCUT2D eigenvalue weighted by Crippen LogP contribution is -1.97. The quantitative estimate of drug-likeness (QED) is 0.863. The van der Waals surface area contributed by atoms with Crippen molar-refractivity contribution in [2.24, 2.45) is 0 Å². The lowest BCUT2D eigenvalue weighted by atomic mass is 10.2. The van der Waals surface area contributed by atoms with Crippen LogP contribution in [0.1, 0.15) is 11.3 Å². The topological polar surface area (TPSA) is 71.9 Å². The molecule has 0 atom stereocenters. The van der Waals surface area contributed by atoms with Crippen LogP contribution in [0.3, 0.4) is 0 Å². The molecule has 1 heterocycles. The summed E-state index contributed by atoms with van der Waals surface area (Å²) < 4.78 is 6.45. The van der Waals surface area contributed by atoms with E-state index in [9.17, 15) is 0 Å². The van der Waals surface area contributed by atoms with Gasteiger partial charge >= 0.3 is 0 Å². The predicted octanol–water partition coefficient (Wildman–Crippen LogP) is 3.40. The van der Waals surface area contributed by atoms with Crippen LogP contribution in [-0.2, 0) is 0 Å². The highest BCUT2D eigenvalue weighted by atomic mass is 79.9. The number of nitriles is 1. The zero-order valence-corrected chi connectivity index (χ0v) is 11.2. The molecule has 4 nitrogen and oxygen atoms in total. The van der Waals surface area contributed by atoms with Gasteiger partial charge in [-0.2, -0.15) is 5.26 Å². The first-order valence-corrected chi connectivity index (χ1v) is 6.00. The Balaban J connectivity index is 2.40. The predicted molar refractivity (Wildman–Crippen MR) is 72.3 cm³/mol. The Bertz CT molecular complexity index is 635. The Morgan fingerprint density at radius 3 is 2.78 bits per heavy atom. The van der Waals surface area contributed by atoms with Gasteiger partial charge in [0.05, 0.1) is 5.69 Å². The Hall–Kier alpha value is -2.06. The molecule has 0 saturated carbocycles. The van der Waals surface area contributed by atoms with Crippen LogP contribution < -0.4 is 10.5 Å². The number of hydrogen-bond acceptors (Lipinski definition) is 4. The second kappa shape index (κ2) is 5.07. The van der Waals surface area contributed by atoms with E-state index in [1.54, 1.807) is 24.3 Å². The van der Waals surface area contributed by atoms with Crippen LogP contribution in [-0.4, -0.2) is 4.98 Å². The van der Waals surface area contributed by atoms with Crippen molar-refractivity contribution in [1.82, 2.24) is 4.98 Å². The molecule has 0 aliphatic heterocycles. The normalized spacial score (nSPS) is 9.83. The maximum Gasteiger partial charge on any atom is 0.237 e. The van der Waals surface area contributed by atoms with Gasteiger partial charge in [0.15, 0.2) is 5.75 Å². The van der Waals surface area contributed by atoms with Crippen LogP contribution in [0.15, 0.2) is 34.8 Å². The number of nitrogens with zero attached hydrogens (tertiary/aromatic N) is 2. The maximum atomic E-state index is 8.99. The Morgan fingerprint density at radius 2 is 2.11 bits per heavy atom. The van der Waals surface area contributed by atoms with Crippen LogP contribution in [0.5, 0.6) is 11.6 Å². The van der Waals surface area contributed by atoms with E-state index in [0.717, 1.165) is 10.2 Å². The number of nitrogen functional groups attached to an aromatic ring is 1. The number of pyridine rings is 1. The van der Waals surface area contributed by atoms with Crippen LogP contribution in [0, 0.1) is 18.3 Å². The van der Waals surface area contributed by atoms with Crippen LogP contribution >= 0.6 is 15.9 Å². The minimum atomic E-state index is 0.270. The van der Waals surface area contributed by atoms with E-state index in [1.807, 2.05) is 19.1 Å². The Labute approximate surface area is 113 Å². The molecule has 0 saturated heterocycles. The average molecular weight is 304 g/mol. The number of aryl methyl sites for hydroxylation is 1. The minimum absolute atomic E-state index is 0.270. The van der Waals surface area contributed by atoms with E-state index in [1.165, 1.54) is 0 Å². The van der Waals surface area contributed by atoms with Gasteiger partial charge in [-0.3, -0.25) is 0 Å². The Morgan fingerprint density at radius 1 is 1.33 bits per heavy atom. The molecular formula is C13H10BrN3O. The molecule has 1 aromatic heterocycles. The van der Waals surface area contributed by atoms with E-state index < -0.39 is 0 Å². The molecule has 90 valence electrons. The van der Waals surface area contributed by atoms with E-state index in [4.69, 9.17) is 15.7 Å². The molecule has 2 aromatic rings. The third kappa shape index (κ3) is 2.60. The number of hydrogen-bond donors (Lipinski definition) is 1. The second-order valence-corrected chi connectivity index (χ2v) is 4.62. The van der Waals surface area contributed by atoms with Crippen molar-refractivity contribution >= 4 is 21.6 Å². The van der Waals surface area contributed by atoms with Gasteiger partial charge in [0.2, 0.25) is 5.88 Å². The fraction of sp³-hybridized carbons (Fsp3) is 0.0769. The fourth-order valence-electron chi connectivity index (χ4n) is 1.41. The SMILES string of the molecule is Cc1ccc(C#N)c(Oc2ccc(Br)cc2N)n1. The number of rotatable bonds is 2. The first-order valence-electron chi connectivity index (χ1n) is 5.21. The standard InChI is InChI=1S/C13H10BrN3O/c1-8-2-3-9(7-15)13(17-8)18-12-5-4-10(14)6-11(12)16/h2-6H,16H2,1H3. The van der Waals surface area contributed by atoms with Crippen LogP contribution in [0.2, 0.25) is 0 Å². The highest BCUT2D eigenvalue weighted by Crippen LogP contribution is 2.30. The van der Waals surface area contributed by atoms with Crippen molar-refractivity contribution in [3.8, 4) is 17.7 Å². The molecule has 0 amide bonds. The largest absolute Gasteiger partial charge is 0.436 e. The van der Waals surface area contributed by atoms with Gasteiger partial charge in [-0.05, 0) is 37.3 Å². The van der Waals surface area contributed by atoms with E-state index >= 15 is 0 Å². The van der Waals surface area contributed by atoms with Crippen molar-refractivity contribution in [1.29, 1.82) is 5.26 Å². The highest BCUT2D eigenvalue weighted by molar-refractivity contribution is 9.10. The van der Waals surface area contributed by atoms with Crippen molar-refractivity contribution < 1.29 is 4.74 Å². The van der Waals surface area contributed by atoms with Crippen molar-refractivity contribution in [3.05, 3.63) is 46.1 Å². The van der Waals surface area contributed by atoms with Gasteiger partial charge in [0.1, 0.15) is 11.6 Å². The summed E-state index contributed by atoms with van der Waals surface area (Å²) in [6, 6.07) is 10.7. The maximum absolute atomic E-state index is 8.99. The van der Waals surface area contributed by atoms with Gasteiger partial charge in [0, 0.05) is 10.2 Å². The zero-order chi connectivity index (χ0) is 13.1. The van der Waals surface area contributed by atoms with Gasteiger partial charge < -0.3 is 10.5 Å². The Kier molecular flexibility index (Phi) is 3.49. The van der Waals surface area contributed by atoms with Gasteiger partial charge in [-0.1, -0.05) is 15.9 Å². The molecule has 1 aromatic carbocycles. The minimum Gasteiger partial charge on any atom is -0.436 e. The molecular weight excluding hydrogens is 294 g/mol. The lowest BCUT2D eigenvalue weighted by Gasteiger charge is -2.09. The van der Waals surface area contributed by atoms with E-state index in [0.29, 0.717) is 17.0 Å². The van der Waals surface area contributed by atoms with Crippen LogP contribution in [0.4, 0.5) is 5.69 Å². The smallest absolute Gasteiger partial charge is 0.237 e. The first kappa shape index (κ1) is 12.4. The molecule has 18 heavy (non-hydrogen) atoms. The molecule has 0 radical (unpaired) electrons. The molecule has 0 aliphatic carbocycles. The van der Waals surface area contributed by atoms with E-state index in [2.05, 4.69) is 20.9 Å². The summed E-state index contributed by atoms with van der Waals surface area (Å²) in [5, 5.41) is 8.99. The highest BCUT2D eigenvalue weighted by Gasteiger charge is 2.09. The summed E-state index contributed by atoms with van der Waals surface area (Å²) >= 11 is 3.32. The molecule has 0 aliphatic rings. The van der Waals surface area contributed by atoms with Gasteiger partial charge in [-0.25, -0.2) is 4.98 Å². The molecule has 2 rings (SSSR count). The van der Waals surface area contributed by atoms with Crippen molar-refractivity contribution in [3.63, 3.8) is 0 Å². The number of halogens is 1. The number of nitrogens with two attached hydrogens (primary N) is 1. The third-order valence-electron chi connectivity index (χ3n) is 2.30. The summed E-state index contributed by atoms with van der Waals surface area (Å²) in [6.07, 6.45) is 0. The summed E-state index contributed by atoms with van der Waals surface area (Å²) in [5.41, 5.74) is 7.47. The molecule has 2 N–H and O–H groups in total. The van der Waals surface area contributed by atoms with Crippen molar-refractivity contribution in [2.75, 3.05) is 5.73 Å². The summed E-state index contributed by atoms with van der Waals surface area (Å²) in [6.45, 7) is 1.83. The number of benzene rings is 1. The number of anilines is 1. The molecule has 0 bridgehead atoms. The zero-order valence-electron chi connectivity index (χ0n) is 9.64. The summed E-state index contributed by atoms with van der Waals surface area (Å²) in [5.74, 6) is 0.749. The fourth-order valence-corrected chi connectivity index (χ4v) is 1.79. The molecule has 5 heteroatoms. The molecule has 0 spiro atoms. The van der Waals surface area contributed by atoms with E-state index in [-0.39, 0.29) is 5.88 Å². The third-order valence-corrected chi connectivity index (χ3v) is 2.79.